The Balaban J connectivity index is 2.43. The molecule has 7 nitrogen and oxygen atoms in total. The number of benzene rings is 1. The van der Waals surface area contributed by atoms with Crippen molar-refractivity contribution in [3.8, 4) is 0 Å². The van der Waals surface area contributed by atoms with Crippen LogP contribution in [0.1, 0.15) is 54.0 Å². The van der Waals surface area contributed by atoms with E-state index in [9.17, 15) is 14.7 Å². The van der Waals surface area contributed by atoms with Crippen molar-refractivity contribution in [3.63, 3.8) is 0 Å². The maximum absolute atomic E-state index is 11.2. The van der Waals surface area contributed by atoms with E-state index in [4.69, 9.17) is 19.5 Å². The quantitative estimate of drug-likeness (QED) is 0.698. The van der Waals surface area contributed by atoms with Crippen molar-refractivity contribution in [1.29, 1.82) is 0 Å². The average Bonchev–Trinajstić information content (AvgIpc) is 2.72. The van der Waals surface area contributed by atoms with Crippen LogP contribution >= 0.6 is 0 Å². The second-order valence-electron chi connectivity index (χ2n) is 6.92. The minimum atomic E-state index is -1.24. The topological polar surface area (TPSA) is 113 Å². The molecule has 0 atom stereocenters. The van der Waals surface area contributed by atoms with E-state index in [1.807, 2.05) is 27.7 Å². The van der Waals surface area contributed by atoms with Crippen LogP contribution in [0.15, 0.2) is 23.7 Å². The Morgan fingerprint density at radius 1 is 1.00 bits per heavy atom. The molecule has 1 aliphatic rings. The Kier molecular flexibility index (Phi) is 5.08. The minimum absolute atomic E-state index is 0.155. The second-order valence-corrected chi connectivity index (χ2v) is 6.92. The van der Waals surface area contributed by atoms with Crippen LogP contribution in [-0.2, 0) is 9.31 Å². The van der Waals surface area contributed by atoms with Crippen LogP contribution < -0.4 is 0 Å². The summed E-state index contributed by atoms with van der Waals surface area (Å²) < 4.78 is 11.7. The number of hydrogen-bond donors (Lipinski definition) is 3. The molecular weight excluding hydrogens is 327 g/mol. The summed E-state index contributed by atoms with van der Waals surface area (Å²) in [7, 11) is -0.809. The average molecular weight is 348 g/mol. The first-order chi connectivity index (χ1) is 11.5. The van der Waals surface area contributed by atoms with Crippen molar-refractivity contribution in [2.24, 2.45) is 0 Å². The second kappa shape index (κ2) is 6.63. The van der Waals surface area contributed by atoms with Crippen molar-refractivity contribution >= 4 is 25.1 Å². The van der Waals surface area contributed by atoms with E-state index >= 15 is 0 Å². The molecule has 0 unspecified atom stereocenters. The number of carbonyl (C=O) groups is 2. The van der Waals surface area contributed by atoms with E-state index < -0.39 is 30.3 Å². The molecule has 1 fully saturated rings. The van der Waals surface area contributed by atoms with Gasteiger partial charge in [-0.1, -0.05) is 6.08 Å². The van der Waals surface area contributed by atoms with Gasteiger partial charge in [-0.05, 0) is 56.9 Å². The standard InChI is InChI=1S/C17H21BO7/c1-16(2)17(3,4)25-18(24-16)13(9-19)7-10-5-11(14(20)21)8-12(6-10)15(22)23/h5-8,19H,9H2,1-4H3,(H,20,21)(H,22,23). The number of rotatable bonds is 5. The lowest BCUT2D eigenvalue weighted by Gasteiger charge is -2.32. The fraction of sp³-hybridized carbons (Fsp3) is 0.412. The number of aromatic carboxylic acids is 2. The molecule has 0 aliphatic carbocycles. The van der Waals surface area contributed by atoms with Gasteiger partial charge in [-0.25, -0.2) is 9.59 Å². The van der Waals surface area contributed by atoms with Crippen LogP contribution in [0.25, 0.3) is 6.08 Å². The molecule has 25 heavy (non-hydrogen) atoms. The summed E-state index contributed by atoms with van der Waals surface area (Å²) in [5.41, 5.74) is -0.800. The summed E-state index contributed by atoms with van der Waals surface area (Å²) >= 11 is 0. The maximum atomic E-state index is 11.2. The molecule has 1 aliphatic heterocycles. The van der Waals surface area contributed by atoms with Crippen LogP contribution in [0.4, 0.5) is 0 Å². The van der Waals surface area contributed by atoms with Crippen molar-refractivity contribution in [2.45, 2.75) is 38.9 Å². The van der Waals surface area contributed by atoms with Crippen molar-refractivity contribution in [2.75, 3.05) is 6.61 Å². The number of aliphatic hydroxyl groups excluding tert-OH is 1. The van der Waals surface area contributed by atoms with Gasteiger partial charge >= 0.3 is 19.1 Å². The lowest BCUT2D eigenvalue weighted by molar-refractivity contribution is 0.00578. The summed E-state index contributed by atoms with van der Waals surface area (Å²) in [6.07, 6.45) is 1.49. The van der Waals surface area contributed by atoms with Gasteiger partial charge in [0.2, 0.25) is 0 Å². The molecule has 3 N–H and O–H groups in total. The largest absolute Gasteiger partial charge is 0.492 e. The predicted molar refractivity (Wildman–Crippen MR) is 91.5 cm³/mol. The Morgan fingerprint density at radius 3 is 1.80 bits per heavy atom. The van der Waals surface area contributed by atoms with Crippen molar-refractivity contribution < 1.29 is 34.2 Å². The first-order valence-corrected chi connectivity index (χ1v) is 7.75. The summed E-state index contributed by atoms with van der Waals surface area (Å²) in [4.78, 5) is 22.4. The summed E-state index contributed by atoms with van der Waals surface area (Å²) in [5.74, 6) is -2.47. The third-order valence-corrected chi connectivity index (χ3v) is 4.54. The van der Waals surface area contributed by atoms with Gasteiger partial charge in [-0.2, -0.15) is 0 Å². The first kappa shape index (κ1) is 19.2. The molecule has 0 spiro atoms. The number of hydrogen-bond acceptors (Lipinski definition) is 5. The highest BCUT2D eigenvalue weighted by Crippen LogP contribution is 2.38. The summed E-state index contributed by atoms with van der Waals surface area (Å²) in [5, 5.41) is 28.0. The zero-order valence-electron chi connectivity index (χ0n) is 14.6. The lowest BCUT2D eigenvalue weighted by Crippen LogP contribution is -2.41. The van der Waals surface area contributed by atoms with Crippen LogP contribution in [-0.4, -0.2) is 52.2 Å². The summed E-state index contributed by atoms with van der Waals surface area (Å²) in [6, 6.07) is 3.74. The molecule has 134 valence electrons. The van der Waals surface area contributed by atoms with Gasteiger partial charge in [0.25, 0.3) is 0 Å². The Labute approximate surface area is 146 Å². The van der Waals surface area contributed by atoms with Gasteiger partial charge in [0.15, 0.2) is 0 Å². The molecular formula is C17H21BO7. The molecule has 1 saturated heterocycles. The normalized spacial score (nSPS) is 19.1. The van der Waals surface area contributed by atoms with Crippen LogP contribution in [0.2, 0.25) is 0 Å². The van der Waals surface area contributed by atoms with E-state index in [0.29, 0.717) is 11.0 Å². The van der Waals surface area contributed by atoms with Crippen molar-refractivity contribution in [3.05, 3.63) is 40.4 Å². The van der Waals surface area contributed by atoms with E-state index in [2.05, 4.69) is 0 Å². The van der Waals surface area contributed by atoms with E-state index in [-0.39, 0.29) is 17.7 Å². The highest BCUT2D eigenvalue weighted by atomic mass is 16.7. The van der Waals surface area contributed by atoms with E-state index in [1.165, 1.54) is 18.2 Å². The van der Waals surface area contributed by atoms with Gasteiger partial charge in [0.05, 0.1) is 28.9 Å². The summed E-state index contributed by atoms with van der Waals surface area (Å²) in [6.45, 7) is 7.10. The fourth-order valence-electron chi connectivity index (χ4n) is 2.38. The molecule has 0 bridgehead atoms. The smallest absolute Gasteiger partial charge is 0.478 e. The molecule has 0 saturated carbocycles. The molecule has 0 amide bonds. The molecule has 0 aromatic heterocycles. The number of carboxylic acid groups (broad SMARTS) is 2. The third kappa shape index (κ3) is 3.92. The van der Waals surface area contributed by atoms with Crippen LogP contribution in [0.3, 0.4) is 0 Å². The van der Waals surface area contributed by atoms with Crippen molar-refractivity contribution in [1.82, 2.24) is 0 Å². The molecule has 2 rings (SSSR count). The maximum Gasteiger partial charge on any atom is 0.492 e. The van der Waals surface area contributed by atoms with Gasteiger partial charge in [-0.15, -0.1) is 0 Å². The van der Waals surface area contributed by atoms with E-state index in [1.54, 1.807) is 0 Å². The van der Waals surface area contributed by atoms with Gasteiger partial charge in [0, 0.05) is 0 Å². The third-order valence-electron chi connectivity index (χ3n) is 4.54. The van der Waals surface area contributed by atoms with Gasteiger partial charge in [-0.3, -0.25) is 0 Å². The Bertz CT molecular complexity index is 688. The highest BCUT2D eigenvalue weighted by Gasteiger charge is 2.52. The van der Waals surface area contributed by atoms with Gasteiger partial charge in [0.1, 0.15) is 0 Å². The zero-order chi connectivity index (χ0) is 19.0. The molecule has 1 aromatic carbocycles. The highest BCUT2D eigenvalue weighted by molar-refractivity contribution is 6.55. The minimum Gasteiger partial charge on any atom is -0.478 e. The first-order valence-electron chi connectivity index (χ1n) is 7.75. The van der Waals surface area contributed by atoms with Crippen LogP contribution in [0.5, 0.6) is 0 Å². The molecule has 1 aromatic rings. The Morgan fingerprint density at radius 2 is 1.44 bits per heavy atom. The number of carboxylic acids is 2. The van der Waals surface area contributed by atoms with Crippen LogP contribution in [0, 0.1) is 0 Å². The SMILES string of the molecule is CC1(C)OB(C(=Cc2cc(C(=O)O)cc(C(=O)O)c2)CO)OC1(C)C. The molecule has 0 radical (unpaired) electrons. The van der Waals surface area contributed by atoms with E-state index in [0.717, 1.165) is 6.07 Å². The molecule has 8 heteroatoms. The Hall–Kier alpha value is -2.16. The lowest BCUT2D eigenvalue weighted by atomic mass is 9.77. The van der Waals surface area contributed by atoms with Gasteiger partial charge < -0.3 is 24.6 Å². The predicted octanol–water partition coefficient (Wildman–Crippen LogP) is 2.09. The number of aliphatic hydroxyl groups is 1. The monoisotopic (exact) mass is 348 g/mol. The fourth-order valence-corrected chi connectivity index (χ4v) is 2.38. The molecule has 1 heterocycles. The zero-order valence-corrected chi connectivity index (χ0v) is 14.6.